The first kappa shape index (κ1) is 19.3. The normalized spacial score (nSPS) is 15.3. The first-order valence-corrected chi connectivity index (χ1v) is 9.48. The van der Waals surface area contributed by atoms with Gasteiger partial charge in [-0.2, -0.15) is 0 Å². The van der Waals surface area contributed by atoms with Gasteiger partial charge in [0.05, 0.1) is 6.61 Å². The van der Waals surface area contributed by atoms with E-state index >= 15 is 0 Å². The van der Waals surface area contributed by atoms with Crippen LogP contribution in [0.2, 0.25) is 0 Å². The fourth-order valence-corrected chi connectivity index (χ4v) is 2.82. The van der Waals surface area contributed by atoms with E-state index in [-0.39, 0.29) is 6.79 Å². The van der Waals surface area contributed by atoms with Gasteiger partial charge in [-0.05, 0) is 42.3 Å². The second-order valence-corrected chi connectivity index (χ2v) is 7.52. The Labute approximate surface area is 155 Å². The van der Waals surface area contributed by atoms with E-state index in [1.54, 1.807) is 12.1 Å². The standard InChI is InChI=1S/C17H19N2O7P/c1-17(18,9-26-27(21,22)23)16(20)19-13-5-2-11(3-6-13)12-4-7-14-15(8-12)25-10-24-14/h2-8H,9-10,18H2,1H3,(H,19,20)(H2,21,22,23)/t17-/m0/s1. The molecular formula is C17H19N2O7P. The SMILES string of the molecule is C[C@](N)(COP(=O)(O)O)C(=O)Nc1ccc(-c2ccc3c(c2)OCO3)cc1. The number of benzene rings is 2. The molecule has 144 valence electrons. The average Bonchev–Trinajstić information content (AvgIpc) is 3.08. The van der Waals surface area contributed by atoms with Crippen molar-refractivity contribution in [3.8, 4) is 22.6 Å². The summed E-state index contributed by atoms with van der Waals surface area (Å²) in [6.07, 6.45) is 0. The Morgan fingerprint density at radius 1 is 1.19 bits per heavy atom. The summed E-state index contributed by atoms with van der Waals surface area (Å²) in [4.78, 5) is 29.7. The molecule has 0 saturated carbocycles. The minimum atomic E-state index is -4.71. The lowest BCUT2D eigenvalue weighted by molar-refractivity contribution is -0.121. The number of nitrogens with two attached hydrogens (primary N) is 1. The van der Waals surface area contributed by atoms with Gasteiger partial charge >= 0.3 is 7.82 Å². The van der Waals surface area contributed by atoms with Gasteiger partial charge in [-0.15, -0.1) is 0 Å². The minimum Gasteiger partial charge on any atom is -0.454 e. The van der Waals surface area contributed by atoms with Crippen LogP contribution in [0.4, 0.5) is 5.69 Å². The quantitative estimate of drug-likeness (QED) is 0.544. The highest BCUT2D eigenvalue weighted by Gasteiger charge is 2.32. The number of hydrogen-bond acceptors (Lipinski definition) is 6. The molecule has 0 bridgehead atoms. The minimum absolute atomic E-state index is 0.202. The van der Waals surface area contributed by atoms with Gasteiger partial charge in [-0.25, -0.2) is 4.57 Å². The molecule has 9 nitrogen and oxygen atoms in total. The van der Waals surface area contributed by atoms with Gasteiger partial charge in [-0.3, -0.25) is 9.32 Å². The fourth-order valence-electron chi connectivity index (χ4n) is 2.38. The molecule has 0 aliphatic carbocycles. The van der Waals surface area contributed by atoms with Crippen molar-refractivity contribution in [3.63, 3.8) is 0 Å². The molecule has 5 N–H and O–H groups in total. The first-order chi connectivity index (χ1) is 12.6. The summed E-state index contributed by atoms with van der Waals surface area (Å²) in [6.45, 7) is 0.894. The topological polar surface area (TPSA) is 140 Å². The molecule has 2 aromatic rings. The van der Waals surface area contributed by atoms with Gasteiger partial charge < -0.3 is 30.3 Å². The number of hydrogen-bond donors (Lipinski definition) is 4. The highest BCUT2D eigenvalue weighted by atomic mass is 31.2. The van der Waals surface area contributed by atoms with Crippen LogP contribution < -0.4 is 20.5 Å². The van der Waals surface area contributed by atoms with Crippen molar-refractivity contribution in [3.05, 3.63) is 42.5 Å². The first-order valence-electron chi connectivity index (χ1n) is 7.95. The van der Waals surface area contributed by atoms with Gasteiger partial charge in [0.2, 0.25) is 12.7 Å². The zero-order valence-electron chi connectivity index (χ0n) is 14.4. The molecular weight excluding hydrogens is 375 g/mol. The van der Waals surface area contributed by atoms with E-state index in [4.69, 9.17) is 25.0 Å². The summed E-state index contributed by atoms with van der Waals surface area (Å²) >= 11 is 0. The maximum Gasteiger partial charge on any atom is 0.469 e. The molecule has 1 amide bonds. The molecule has 10 heteroatoms. The summed E-state index contributed by atoms with van der Waals surface area (Å²) in [5.41, 5.74) is 6.49. The molecule has 1 aliphatic rings. The Hall–Kier alpha value is -2.42. The van der Waals surface area contributed by atoms with Crippen LogP contribution in [0.5, 0.6) is 11.5 Å². The lowest BCUT2D eigenvalue weighted by atomic mass is 10.0. The smallest absolute Gasteiger partial charge is 0.454 e. The van der Waals surface area contributed by atoms with Gasteiger partial charge in [0.25, 0.3) is 0 Å². The van der Waals surface area contributed by atoms with Crippen LogP contribution in [0.25, 0.3) is 11.1 Å². The zero-order chi connectivity index (χ0) is 19.7. The van der Waals surface area contributed by atoms with E-state index < -0.39 is 25.9 Å². The number of nitrogens with one attached hydrogen (secondary N) is 1. The van der Waals surface area contributed by atoms with Gasteiger partial charge in [0.15, 0.2) is 11.5 Å². The van der Waals surface area contributed by atoms with Crippen molar-refractivity contribution in [1.82, 2.24) is 0 Å². The molecule has 2 aromatic carbocycles. The average molecular weight is 394 g/mol. The van der Waals surface area contributed by atoms with Crippen molar-refractivity contribution in [1.29, 1.82) is 0 Å². The number of carbonyl (C=O) groups is 1. The molecule has 0 fully saturated rings. The predicted octanol–water partition coefficient (Wildman–Crippen LogP) is 1.85. The number of phosphoric ester groups is 1. The highest BCUT2D eigenvalue weighted by molar-refractivity contribution is 7.46. The van der Waals surface area contributed by atoms with Crippen LogP contribution in [0.15, 0.2) is 42.5 Å². The number of rotatable bonds is 6. The van der Waals surface area contributed by atoms with E-state index in [0.717, 1.165) is 11.1 Å². The molecule has 1 atom stereocenters. The Kier molecular flexibility index (Phi) is 5.23. The summed E-state index contributed by atoms with van der Waals surface area (Å²) in [5.74, 6) is 0.739. The van der Waals surface area contributed by atoms with E-state index in [2.05, 4.69) is 9.84 Å². The molecule has 0 aromatic heterocycles. The third-order valence-electron chi connectivity index (χ3n) is 3.90. The number of ether oxygens (including phenoxy) is 2. The number of amides is 1. The molecule has 0 radical (unpaired) electrons. The number of fused-ring (bicyclic) bond motifs is 1. The van der Waals surface area contributed by atoms with Gasteiger partial charge in [-0.1, -0.05) is 18.2 Å². The summed E-state index contributed by atoms with van der Waals surface area (Å²) in [5, 5.41) is 2.60. The van der Waals surface area contributed by atoms with Crippen molar-refractivity contribution < 1.29 is 33.1 Å². The molecule has 1 heterocycles. The zero-order valence-corrected chi connectivity index (χ0v) is 15.3. The Balaban J connectivity index is 1.67. The monoisotopic (exact) mass is 394 g/mol. The van der Waals surface area contributed by atoms with Crippen molar-refractivity contribution in [2.75, 3.05) is 18.7 Å². The number of phosphoric acid groups is 1. The van der Waals surface area contributed by atoms with E-state index in [1.165, 1.54) is 6.92 Å². The van der Waals surface area contributed by atoms with Gasteiger partial charge in [0, 0.05) is 5.69 Å². The summed E-state index contributed by atoms with van der Waals surface area (Å²) in [6, 6.07) is 12.6. The molecule has 3 rings (SSSR count). The maximum absolute atomic E-state index is 12.2. The van der Waals surface area contributed by atoms with Crippen LogP contribution >= 0.6 is 7.82 Å². The number of carbonyl (C=O) groups excluding carboxylic acids is 1. The lowest BCUT2D eigenvalue weighted by Crippen LogP contribution is -2.52. The summed E-state index contributed by atoms with van der Waals surface area (Å²) < 4.78 is 25.7. The molecule has 0 saturated heterocycles. The lowest BCUT2D eigenvalue weighted by Gasteiger charge is -2.23. The summed E-state index contributed by atoms with van der Waals surface area (Å²) in [7, 11) is -4.71. The van der Waals surface area contributed by atoms with E-state index in [9.17, 15) is 9.36 Å². The van der Waals surface area contributed by atoms with E-state index in [1.807, 2.05) is 30.3 Å². The third-order valence-corrected chi connectivity index (χ3v) is 4.37. The van der Waals surface area contributed by atoms with Crippen molar-refractivity contribution in [2.24, 2.45) is 5.73 Å². The van der Waals surface area contributed by atoms with Crippen molar-refractivity contribution >= 4 is 19.4 Å². The van der Waals surface area contributed by atoms with Crippen LogP contribution in [0, 0.1) is 0 Å². The van der Waals surface area contributed by atoms with Crippen LogP contribution in [-0.2, 0) is 13.9 Å². The Morgan fingerprint density at radius 2 is 1.81 bits per heavy atom. The van der Waals surface area contributed by atoms with Crippen LogP contribution in [0.3, 0.4) is 0 Å². The highest BCUT2D eigenvalue weighted by Crippen LogP contribution is 2.37. The molecule has 1 aliphatic heterocycles. The van der Waals surface area contributed by atoms with Crippen LogP contribution in [-0.4, -0.2) is 34.6 Å². The van der Waals surface area contributed by atoms with Crippen molar-refractivity contribution in [2.45, 2.75) is 12.5 Å². The largest absolute Gasteiger partial charge is 0.469 e. The Bertz CT molecular complexity index is 893. The molecule has 27 heavy (non-hydrogen) atoms. The Morgan fingerprint density at radius 3 is 2.48 bits per heavy atom. The second-order valence-electron chi connectivity index (χ2n) is 6.28. The van der Waals surface area contributed by atoms with E-state index in [0.29, 0.717) is 17.2 Å². The third kappa shape index (κ3) is 4.85. The number of anilines is 1. The molecule has 0 unspecified atom stereocenters. The maximum atomic E-state index is 12.2. The second kappa shape index (κ2) is 7.30. The molecule has 0 spiro atoms. The van der Waals surface area contributed by atoms with Gasteiger partial charge in [0.1, 0.15) is 5.54 Å². The fraction of sp³-hybridized carbons (Fsp3) is 0.235. The predicted molar refractivity (Wildman–Crippen MR) is 97.2 cm³/mol. The van der Waals surface area contributed by atoms with Crippen LogP contribution in [0.1, 0.15) is 6.92 Å².